The number of hydrogen-bond acceptors (Lipinski definition) is 5. The first kappa shape index (κ1) is 18.4. The van der Waals surface area contributed by atoms with E-state index in [9.17, 15) is 13.5 Å². The van der Waals surface area contributed by atoms with Crippen molar-refractivity contribution in [3.63, 3.8) is 0 Å². The molecule has 1 aliphatic heterocycles. The monoisotopic (exact) mass is 342 g/mol. The summed E-state index contributed by atoms with van der Waals surface area (Å²) in [5.41, 5.74) is 0.197. The van der Waals surface area contributed by atoms with Gasteiger partial charge in [-0.25, -0.2) is 13.6 Å². The number of benzene rings is 1. The van der Waals surface area contributed by atoms with Gasteiger partial charge in [0.15, 0.2) is 0 Å². The number of hydrogen-bond donors (Lipinski definition) is 2. The van der Waals surface area contributed by atoms with Crippen molar-refractivity contribution >= 4 is 10.0 Å². The molecule has 2 rings (SSSR count). The van der Waals surface area contributed by atoms with Crippen molar-refractivity contribution in [1.82, 2.24) is 4.90 Å². The Labute approximate surface area is 138 Å². The van der Waals surface area contributed by atoms with Crippen molar-refractivity contribution in [3.05, 3.63) is 35.4 Å². The molecular weight excluding hydrogens is 316 g/mol. The maximum atomic E-state index is 11.8. The largest absolute Gasteiger partial charge is 0.389 e. The van der Waals surface area contributed by atoms with Gasteiger partial charge in [0, 0.05) is 19.6 Å². The molecule has 1 aromatic rings. The molecule has 6 nitrogen and oxygen atoms in total. The summed E-state index contributed by atoms with van der Waals surface area (Å²) in [6.07, 6.45) is 0.892. The predicted octanol–water partition coefficient (Wildman–Crippen LogP) is 0.662. The molecule has 0 amide bonds. The first-order valence-electron chi connectivity index (χ1n) is 7.81. The minimum absolute atomic E-state index is 0.509. The highest BCUT2D eigenvalue weighted by Crippen LogP contribution is 2.31. The highest BCUT2D eigenvalue weighted by atomic mass is 32.2. The summed E-state index contributed by atoms with van der Waals surface area (Å²) in [4.78, 5) is 2.35. The van der Waals surface area contributed by atoms with Crippen LogP contribution in [0.15, 0.2) is 24.3 Å². The van der Waals surface area contributed by atoms with Crippen LogP contribution in [-0.2, 0) is 21.2 Å². The van der Waals surface area contributed by atoms with E-state index in [0.717, 1.165) is 44.8 Å². The highest BCUT2D eigenvalue weighted by Gasteiger charge is 2.37. The Balaban J connectivity index is 2.05. The summed E-state index contributed by atoms with van der Waals surface area (Å²) in [5, 5.41) is 14.3. The second-order valence-electron chi connectivity index (χ2n) is 6.57. The van der Waals surface area contributed by atoms with Gasteiger partial charge in [-0.1, -0.05) is 24.3 Å². The van der Waals surface area contributed by atoms with Gasteiger partial charge in [0.1, 0.15) is 5.25 Å². The van der Waals surface area contributed by atoms with Crippen LogP contribution in [0, 0.1) is 0 Å². The summed E-state index contributed by atoms with van der Waals surface area (Å²) < 4.78 is 28.9. The quantitative estimate of drug-likeness (QED) is 0.792. The van der Waals surface area contributed by atoms with E-state index in [1.165, 1.54) is 13.8 Å². The molecule has 1 saturated heterocycles. The van der Waals surface area contributed by atoms with E-state index in [1.54, 1.807) is 12.1 Å². The van der Waals surface area contributed by atoms with Gasteiger partial charge < -0.3 is 9.84 Å². The van der Waals surface area contributed by atoms with Crippen molar-refractivity contribution in [2.24, 2.45) is 5.14 Å². The van der Waals surface area contributed by atoms with Gasteiger partial charge in [0.2, 0.25) is 10.0 Å². The zero-order valence-corrected chi connectivity index (χ0v) is 14.6. The molecule has 0 bridgehead atoms. The average Bonchev–Trinajstić information content (AvgIpc) is 2.45. The molecule has 0 aliphatic carbocycles. The standard InChI is InChI=1S/C16H26N2O4S/c1-16(2,19)15(23(17,20)21)14-5-3-13(4-6-14)7-8-18-9-11-22-12-10-18/h3-6,15,19H,7-12H2,1-2H3,(H2,17,20,21). The number of nitrogens with zero attached hydrogens (tertiary/aromatic N) is 1. The third kappa shape index (κ3) is 5.26. The summed E-state index contributed by atoms with van der Waals surface area (Å²) in [5.74, 6) is 0. The van der Waals surface area contributed by atoms with Gasteiger partial charge in [-0.15, -0.1) is 0 Å². The molecule has 3 N–H and O–H groups in total. The van der Waals surface area contributed by atoms with Crippen LogP contribution in [-0.4, -0.2) is 56.9 Å². The molecule has 1 unspecified atom stereocenters. The Hall–Kier alpha value is -0.990. The minimum Gasteiger partial charge on any atom is -0.389 e. The molecule has 0 aromatic heterocycles. The summed E-state index contributed by atoms with van der Waals surface area (Å²) in [6, 6.07) is 7.28. The fraction of sp³-hybridized carbons (Fsp3) is 0.625. The Kier molecular flexibility index (Phi) is 5.80. The molecule has 1 heterocycles. The molecule has 0 spiro atoms. The summed E-state index contributed by atoms with van der Waals surface area (Å²) in [7, 11) is -3.89. The average molecular weight is 342 g/mol. The van der Waals surface area contributed by atoms with Gasteiger partial charge in [-0.3, -0.25) is 4.90 Å². The van der Waals surface area contributed by atoms with Crippen molar-refractivity contribution in [2.75, 3.05) is 32.8 Å². The van der Waals surface area contributed by atoms with Gasteiger partial charge >= 0.3 is 0 Å². The Bertz CT molecular complexity index is 602. The Morgan fingerprint density at radius 3 is 2.30 bits per heavy atom. The Morgan fingerprint density at radius 2 is 1.83 bits per heavy atom. The molecule has 1 fully saturated rings. The van der Waals surface area contributed by atoms with E-state index in [1.807, 2.05) is 12.1 Å². The van der Waals surface area contributed by atoms with Gasteiger partial charge in [0.25, 0.3) is 0 Å². The zero-order chi connectivity index (χ0) is 17.1. The Morgan fingerprint density at radius 1 is 1.26 bits per heavy atom. The lowest BCUT2D eigenvalue weighted by atomic mass is 9.96. The van der Waals surface area contributed by atoms with E-state index in [-0.39, 0.29) is 0 Å². The molecular formula is C16H26N2O4S. The van der Waals surface area contributed by atoms with E-state index in [2.05, 4.69) is 4.90 Å². The lowest BCUT2D eigenvalue weighted by Crippen LogP contribution is -2.38. The predicted molar refractivity (Wildman–Crippen MR) is 89.6 cm³/mol. The lowest BCUT2D eigenvalue weighted by Gasteiger charge is -2.28. The highest BCUT2D eigenvalue weighted by molar-refractivity contribution is 7.89. The van der Waals surface area contributed by atoms with Crippen molar-refractivity contribution < 1.29 is 18.3 Å². The van der Waals surface area contributed by atoms with Crippen molar-refractivity contribution in [2.45, 2.75) is 31.1 Å². The minimum atomic E-state index is -3.89. The smallest absolute Gasteiger partial charge is 0.219 e. The van der Waals surface area contributed by atoms with E-state index < -0.39 is 20.9 Å². The number of morpholine rings is 1. The number of rotatable bonds is 6. The van der Waals surface area contributed by atoms with Crippen LogP contribution in [0.2, 0.25) is 0 Å². The van der Waals surface area contributed by atoms with Crippen LogP contribution in [0.5, 0.6) is 0 Å². The molecule has 7 heteroatoms. The third-order valence-corrected chi connectivity index (χ3v) is 5.58. The molecule has 1 atom stereocenters. The van der Waals surface area contributed by atoms with Crippen LogP contribution in [0.1, 0.15) is 30.2 Å². The number of aliphatic hydroxyl groups is 1. The zero-order valence-electron chi connectivity index (χ0n) is 13.7. The number of sulfonamides is 1. The maximum absolute atomic E-state index is 11.8. The van der Waals surface area contributed by atoms with Crippen LogP contribution in [0.4, 0.5) is 0 Å². The SMILES string of the molecule is CC(C)(O)C(c1ccc(CCN2CCOCC2)cc1)S(N)(=O)=O. The molecule has 23 heavy (non-hydrogen) atoms. The normalized spacial score (nSPS) is 18.8. The van der Waals surface area contributed by atoms with E-state index in [4.69, 9.17) is 9.88 Å². The fourth-order valence-electron chi connectivity index (χ4n) is 2.97. The molecule has 1 aromatic carbocycles. The summed E-state index contributed by atoms with van der Waals surface area (Å²) >= 11 is 0. The number of ether oxygens (including phenoxy) is 1. The second kappa shape index (κ2) is 7.27. The van der Waals surface area contributed by atoms with Crippen LogP contribution < -0.4 is 5.14 Å². The van der Waals surface area contributed by atoms with Gasteiger partial charge in [0.05, 0.1) is 18.8 Å². The summed E-state index contributed by atoms with van der Waals surface area (Å²) in [6.45, 7) is 7.31. The van der Waals surface area contributed by atoms with Crippen LogP contribution >= 0.6 is 0 Å². The first-order valence-corrected chi connectivity index (χ1v) is 9.42. The van der Waals surface area contributed by atoms with E-state index >= 15 is 0 Å². The molecule has 0 radical (unpaired) electrons. The molecule has 1 aliphatic rings. The fourth-order valence-corrected chi connectivity index (χ4v) is 4.31. The van der Waals surface area contributed by atoms with Crippen LogP contribution in [0.25, 0.3) is 0 Å². The van der Waals surface area contributed by atoms with Crippen molar-refractivity contribution in [1.29, 1.82) is 0 Å². The number of primary sulfonamides is 1. The molecule has 0 saturated carbocycles. The first-order chi connectivity index (χ1) is 10.7. The van der Waals surface area contributed by atoms with E-state index in [0.29, 0.717) is 5.56 Å². The second-order valence-corrected chi connectivity index (χ2v) is 8.22. The van der Waals surface area contributed by atoms with Gasteiger partial charge in [-0.2, -0.15) is 0 Å². The third-order valence-electron chi connectivity index (χ3n) is 4.07. The topological polar surface area (TPSA) is 92.9 Å². The molecule has 130 valence electrons. The van der Waals surface area contributed by atoms with Gasteiger partial charge in [-0.05, 0) is 31.4 Å². The maximum Gasteiger partial charge on any atom is 0.219 e. The lowest BCUT2D eigenvalue weighted by molar-refractivity contribution is 0.0384. The van der Waals surface area contributed by atoms with Crippen molar-refractivity contribution in [3.8, 4) is 0 Å². The number of nitrogens with two attached hydrogens (primary N) is 1. The van der Waals surface area contributed by atoms with Crippen LogP contribution in [0.3, 0.4) is 0 Å².